The van der Waals surface area contributed by atoms with E-state index in [1.165, 1.54) is 0 Å². The Morgan fingerprint density at radius 3 is 1.39 bits per heavy atom. The summed E-state index contributed by atoms with van der Waals surface area (Å²) in [6, 6.07) is 17.2. The van der Waals surface area contributed by atoms with Crippen molar-refractivity contribution in [3.63, 3.8) is 0 Å². The second kappa shape index (κ2) is 12.8. The first kappa shape index (κ1) is 33.4. The number of carbonyl (C=O) groups excluding carboxylic acids is 3. The molecule has 2 aromatic rings. The Morgan fingerprint density at radius 1 is 0.780 bits per heavy atom. The van der Waals surface area contributed by atoms with E-state index >= 15 is 0 Å². The Morgan fingerprint density at radius 2 is 1.15 bits per heavy atom. The van der Waals surface area contributed by atoms with Crippen molar-refractivity contribution in [3.8, 4) is 0 Å². The maximum absolute atomic E-state index is 12.0. The average molecular weight is 593 g/mol. The quantitative estimate of drug-likeness (QED) is 0.177. The van der Waals surface area contributed by atoms with Gasteiger partial charge in [-0.25, -0.2) is 9.59 Å². The van der Waals surface area contributed by atoms with Gasteiger partial charge in [0.2, 0.25) is 11.6 Å². The van der Waals surface area contributed by atoms with Crippen LogP contribution in [0.3, 0.4) is 0 Å². The lowest BCUT2D eigenvalue weighted by Gasteiger charge is -2.32. The summed E-state index contributed by atoms with van der Waals surface area (Å²) in [6.07, 6.45) is -3.09. The van der Waals surface area contributed by atoms with Gasteiger partial charge in [0, 0.05) is 16.5 Å². The fraction of sp³-hybridized carbons (Fsp3) is 0.393. The van der Waals surface area contributed by atoms with E-state index in [0.29, 0.717) is 17.5 Å². The minimum Gasteiger partial charge on any atom is -0.479 e. The molecule has 2 aromatic carbocycles. The van der Waals surface area contributed by atoms with E-state index in [1.807, 2.05) is 32.9 Å². The smallest absolute Gasteiger partial charge is 0.335 e. The highest BCUT2D eigenvalue weighted by molar-refractivity contribution is 7.87. The first-order valence-corrected chi connectivity index (χ1v) is 13.9. The Bertz CT molecular complexity index is 1330. The molecule has 0 saturated heterocycles. The molecular weight excluding hydrogens is 560 g/mol. The molecule has 0 spiro atoms. The zero-order valence-corrected chi connectivity index (χ0v) is 23.3. The summed E-state index contributed by atoms with van der Waals surface area (Å²) in [5.74, 6) is -5.00. The third-order valence-electron chi connectivity index (χ3n) is 7.88. The number of aliphatic carboxylic acids is 2. The van der Waals surface area contributed by atoms with Crippen molar-refractivity contribution in [2.24, 2.45) is 16.7 Å². The average Bonchev–Trinajstić information content (AvgIpc) is 3.25. The predicted molar refractivity (Wildman–Crippen MR) is 144 cm³/mol. The van der Waals surface area contributed by atoms with Crippen molar-refractivity contribution in [1.82, 2.24) is 0 Å². The Labute approximate surface area is 236 Å². The van der Waals surface area contributed by atoms with Crippen LogP contribution in [0.4, 0.5) is 0 Å². The lowest BCUT2D eigenvalue weighted by molar-refractivity contribution is -0.165. The molecule has 2 fully saturated rings. The van der Waals surface area contributed by atoms with Crippen LogP contribution in [0.5, 0.6) is 0 Å². The Hall–Kier alpha value is -3.78. The number of aliphatic hydroxyl groups excluding tert-OH is 2. The van der Waals surface area contributed by atoms with Crippen LogP contribution in [0.25, 0.3) is 0 Å². The standard InChI is InChI=1S/C14H10O2.C10H16O4S.C4H6O6/c15-13(11-7-3-1-4-8-11)14(16)12-9-5-2-6-10-12;1-9(2)6-4-5-10(9,3)8(11)7(6)15(12,13)14;5-1(3(7)8)2(6)4(9)10/h1-10H;6-7H,4-5H2,1-3H3,(H,12,13,14);1-2,5-6H,(H,7,8)(H,9,10). The molecule has 0 aromatic heterocycles. The van der Waals surface area contributed by atoms with Crippen molar-refractivity contribution < 1.29 is 57.4 Å². The van der Waals surface area contributed by atoms with Crippen LogP contribution >= 0.6 is 0 Å². The Kier molecular flexibility index (Phi) is 10.4. The van der Waals surface area contributed by atoms with Gasteiger partial charge in [-0.1, -0.05) is 81.4 Å². The van der Waals surface area contributed by atoms with Crippen LogP contribution in [0.2, 0.25) is 0 Å². The molecule has 0 aliphatic heterocycles. The molecule has 222 valence electrons. The lowest BCUT2D eigenvalue weighted by Crippen LogP contribution is -2.39. The zero-order valence-electron chi connectivity index (χ0n) is 22.5. The number of fused-ring (bicyclic) bond motifs is 2. The van der Waals surface area contributed by atoms with Crippen LogP contribution in [0.15, 0.2) is 60.7 Å². The van der Waals surface area contributed by atoms with Gasteiger partial charge in [0.15, 0.2) is 18.0 Å². The summed E-state index contributed by atoms with van der Waals surface area (Å²) in [5, 5.41) is 31.3. The highest BCUT2D eigenvalue weighted by atomic mass is 32.2. The molecular formula is C28H32O12S. The van der Waals surface area contributed by atoms with Crippen molar-refractivity contribution >= 4 is 39.4 Å². The topological polar surface area (TPSA) is 221 Å². The molecule has 13 heteroatoms. The lowest BCUT2D eigenvalue weighted by atomic mass is 9.70. The van der Waals surface area contributed by atoms with Gasteiger partial charge in [-0.3, -0.25) is 18.9 Å². The monoisotopic (exact) mass is 592 g/mol. The van der Waals surface area contributed by atoms with Crippen LogP contribution in [0, 0.1) is 16.7 Å². The van der Waals surface area contributed by atoms with Crippen molar-refractivity contribution in [3.05, 3.63) is 71.8 Å². The molecule has 2 saturated carbocycles. The van der Waals surface area contributed by atoms with Crippen molar-refractivity contribution in [2.75, 3.05) is 0 Å². The first-order valence-electron chi connectivity index (χ1n) is 12.4. The number of aliphatic hydroxyl groups is 2. The summed E-state index contributed by atoms with van der Waals surface area (Å²) >= 11 is 0. The van der Waals surface area contributed by atoms with E-state index in [1.54, 1.807) is 48.5 Å². The number of Topliss-reactive ketones (excluding diaryl/α,β-unsaturated/α-hetero) is 3. The third-order valence-corrected chi connectivity index (χ3v) is 9.06. The van der Waals surface area contributed by atoms with Gasteiger partial charge >= 0.3 is 11.9 Å². The molecule has 5 atom stereocenters. The van der Waals surface area contributed by atoms with E-state index in [9.17, 15) is 32.4 Å². The zero-order chi connectivity index (χ0) is 31.3. The number of rotatable bonds is 7. The molecule has 5 unspecified atom stereocenters. The second-order valence-electron chi connectivity index (χ2n) is 10.5. The van der Waals surface area contributed by atoms with Gasteiger partial charge in [-0.05, 0) is 24.2 Å². The van der Waals surface area contributed by atoms with Gasteiger partial charge < -0.3 is 20.4 Å². The molecule has 0 radical (unpaired) electrons. The van der Waals surface area contributed by atoms with Gasteiger partial charge in [-0.15, -0.1) is 0 Å². The minimum absolute atomic E-state index is 0.231. The molecule has 2 aliphatic rings. The fourth-order valence-electron chi connectivity index (χ4n) is 5.06. The molecule has 12 nitrogen and oxygen atoms in total. The van der Waals surface area contributed by atoms with Crippen molar-refractivity contribution in [1.29, 1.82) is 0 Å². The summed E-state index contributed by atoms with van der Waals surface area (Å²) < 4.78 is 31.5. The van der Waals surface area contributed by atoms with Crippen LogP contribution < -0.4 is 0 Å². The largest absolute Gasteiger partial charge is 0.479 e. The van der Waals surface area contributed by atoms with Gasteiger partial charge in [0.05, 0.1) is 0 Å². The van der Waals surface area contributed by atoms with Crippen molar-refractivity contribution in [2.45, 2.75) is 51.1 Å². The fourth-order valence-corrected chi connectivity index (χ4v) is 6.48. The summed E-state index contributed by atoms with van der Waals surface area (Å²) in [6.45, 7) is 5.67. The Balaban J connectivity index is 0.000000222. The van der Waals surface area contributed by atoms with E-state index < -0.39 is 56.5 Å². The van der Waals surface area contributed by atoms with E-state index in [2.05, 4.69) is 0 Å². The first-order chi connectivity index (χ1) is 18.9. The predicted octanol–water partition coefficient (Wildman–Crippen LogP) is 1.90. The maximum Gasteiger partial charge on any atom is 0.335 e. The minimum atomic E-state index is -4.24. The number of ketones is 3. The number of hydrogen-bond acceptors (Lipinski definition) is 9. The molecule has 2 bridgehead atoms. The third kappa shape index (κ3) is 7.11. The van der Waals surface area contributed by atoms with Crippen LogP contribution in [-0.4, -0.2) is 80.1 Å². The number of benzene rings is 2. The molecule has 0 amide bonds. The number of carboxylic acid groups (broad SMARTS) is 2. The highest BCUT2D eigenvalue weighted by Gasteiger charge is 2.69. The number of hydrogen-bond donors (Lipinski definition) is 5. The number of carbonyl (C=O) groups is 5. The van der Waals surface area contributed by atoms with Gasteiger partial charge in [0.25, 0.3) is 10.1 Å². The summed E-state index contributed by atoms with van der Waals surface area (Å²) in [7, 11) is -4.24. The van der Waals surface area contributed by atoms with Crippen LogP contribution in [0.1, 0.15) is 54.3 Å². The van der Waals surface area contributed by atoms with Crippen LogP contribution in [-0.2, 0) is 24.5 Å². The van der Waals surface area contributed by atoms with Gasteiger partial charge in [0.1, 0.15) is 5.25 Å². The summed E-state index contributed by atoms with van der Waals surface area (Å²) in [4.78, 5) is 55.1. The van der Waals surface area contributed by atoms with E-state index in [-0.39, 0.29) is 17.1 Å². The molecule has 0 heterocycles. The molecule has 41 heavy (non-hydrogen) atoms. The van der Waals surface area contributed by atoms with E-state index in [4.69, 9.17) is 25.0 Å². The molecule has 5 N–H and O–H groups in total. The van der Waals surface area contributed by atoms with Gasteiger partial charge in [-0.2, -0.15) is 8.42 Å². The summed E-state index contributed by atoms with van der Waals surface area (Å²) in [5.41, 5.74) is -0.0596. The number of carboxylic acids is 2. The second-order valence-corrected chi connectivity index (χ2v) is 12.0. The highest BCUT2D eigenvalue weighted by Crippen LogP contribution is 2.64. The molecule has 2 aliphatic carbocycles. The van der Waals surface area contributed by atoms with E-state index in [0.717, 1.165) is 6.42 Å². The normalized spacial score (nSPS) is 23.6. The SMILES string of the molecule is CC12CCC(C(S(=O)(=O)O)C1=O)C2(C)C.O=C(C(=O)c1ccccc1)c1ccccc1.O=C(O)C(O)C(O)C(=O)O. The molecule has 4 rings (SSSR count). The maximum atomic E-state index is 12.0.